The minimum absolute atomic E-state index is 0.387. The van der Waals surface area contributed by atoms with E-state index in [1.54, 1.807) is 7.11 Å². The van der Waals surface area contributed by atoms with Gasteiger partial charge in [-0.3, -0.25) is 0 Å². The van der Waals surface area contributed by atoms with Gasteiger partial charge in [0.1, 0.15) is 11.6 Å². The smallest absolute Gasteiger partial charge is 0.130 e. The first-order valence-electron chi connectivity index (χ1n) is 5.93. The van der Waals surface area contributed by atoms with E-state index >= 15 is 0 Å². The Balaban J connectivity index is 2.77. The number of rotatable bonds is 4. The van der Waals surface area contributed by atoms with E-state index in [1.165, 1.54) is 12.2 Å². The molecule has 0 saturated heterocycles. The summed E-state index contributed by atoms with van der Waals surface area (Å²) < 4.78 is 19.2. The maximum absolute atomic E-state index is 13.8. The van der Waals surface area contributed by atoms with Crippen molar-refractivity contribution in [3.05, 3.63) is 73.1 Å². The van der Waals surface area contributed by atoms with Crippen LogP contribution in [0.5, 0.6) is 5.75 Å². The van der Waals surface area contributed by atoms with Crippen LogP contribution >= 0.6 is 0 Å². The second kappa shape index (κ2) is 5.53. The van der Waals surface area contributed by atoms with Crippen LogP contribution in [0, 0.1) is 0 Å². The van der Waals surface area contributed by atoms with Gasteiger partial charge in [0.15, 0.2) is 0 Å². The SMILES string of the molecule is C=C/C(F)=C(\C=C)c1cc2ccccc2cc1OC. The minimum Gasteiger partial charge on any atom is -0.496 e. The Morgan fingerprint density at radius 1 is 1.11 bits per heavy atom. The lowest BCUT2D eigenvalue weighted by Crippen LogP contribution is -1.92. The molecule has 0 saturated carbocycles. The first-order valence-corrected chi connectivity index (χ1v) is 5.93. The zero-order valence-electron chi connectivity index (χ0n) is 10.8. The van der Waals surface area contributed by atoms with E-state index in [1.807, 2.05) is 36.4 Å². The molecule has 0 bridgehead atoms. The third-order valence-corrected chi connectivity index (χ3v) is 3.00. The number of hydrogen-bond acceptors (Lipinski definition) is 1. The van der Waals surface area contributed by atoms with Crippen LogP contribution in [-0.2, 0) is 0 Å². The van der Waals surface area contributed by atoms with Gasteiger partial charge in [-0.05, 0) is 29.0 Å². The average Bonchev–Trinajstić information content (AvgIpc) is 2.46. The Bertz CT molecular complexity index is 668. The lowest BCUT2D eigenvalue weighted by atomic mass is 9.99. The maximum Gasteiger partial charge on any atom is 0.130 e. The summed E-state index contributed by atoms with van der Waals surface area (Å²) in [6.45, 7) is 7.11. The normalized spacial score (nSPS) is 11.9. The molecule has 2 heteroatoms. The van der Waals surface area contributed by atoms with Gasteiger partial charge in [-0.1, -0.05) is 43.5 Å². The summed E-state index contributed by atoms with van der Waals surface area (Å²) in [7, 11) is 1.57. The van der Waals surface area contributed by atoms with Crippen LogP contribution in [0.1, 0.15) is 5.56 Å². The zero-order chi connectivity index (χ0) is 13.8. The molecule has 0 aromatic heterocycles. The zero-order valence-corrected chi connectivity index (χ0v) is 10.8. The van der Waals surface area contributed by atoms with Crippen molar-refractivity contribution in [2.24, 2.45) is 0 Å². The molecule has 0 aliphatic rings. The first-order chi connectivity index (χ1) is 9.21. The van der Waals surface area contributed by atoms with Crippen LogP contribution in [0.25, 0.3) is 16.3 Å². The summed E-state index contributed by atoms with van der Waals surface area (Å²) in [4.78, 5) is 0. The lowest BCUT2D eigenvalue weighted by Gasteiger charge is -2.11. The quantitative estimate of drug-likeness (QED) is 0.705. The number of hydrogen-bond donors (Lipinski definition) is 0. The highest BCUT2D eigenvalue weighted by atomic mass is 19.1. The Morgan fingerprint density at radius 3 is 2.26 bits per heavy atom. The number of ether oxygens (including phenoxy) is 1. The van der Waals surface area contributed by atoms with Crippen molar-refractivity contribution in [2.75, 3.05) is 7.11 Å². The van der Waals surface area contributed by atoms with Crippen molar-refractivity contribution < 1.29 is 9.13 Å². The maximum atomic E-state index is 13.8. The number of allylic oxidation sites excluding steroid dienone is 4. The monoisotopic (exact) mass is 254 g/mol. The van der Waals surface area contributed by atoms with Crippen LogP contribution in [0.2, 0.25) is 0 Å². The highest BCUT2D eigenvalue weighted by molar-refractivity contribution is 5.91. The largest absolute Gasteiger partial charge is 0.496 e. The Kier molecular flexibility index (Phi) is 3.81. The molecule has 0 spiro atoms. The molecule has 0 N–H and O–H groups in total. The van der Waals surface area contributed by atoms with Crippen molar-refractivity contribution in [3.8, 4) is 5.75 Å². The molecule has 0 fully saturated rings. The molecule has 2 aromatic carbocycles. The molecular weight excluding hydrogens is 239 g/mol. The standard InChI is InChI=1S/C17H15FO/c1-4-14(16(18)5-2)15-10-12-8-6-7-9-13(12)11-17(15)19-3/h4-11H,1-2H2,3H3/b16-14-. The molecule has 2 rings (SSSR count). The number of benzene rings is 2. The van der Waals surface area contributed by atoms with Gasteiger partial charge in [-0.15, -0.1) is 0 Å². The molecule has 0 radical (unpaired) electrons. The summed E-state index contributed by atoms with van der Waals surface area (Å²) in [6.07, 6.45) is 2.65. The lowest BCUT2D eigenvalue weighted by molar-refractivity contribution is 0.414. The van der Waals surface area contributed by atoms with Crippen LogP contribution in [0.4, 0.5) is 4.39 Å². The van der Waals surface area contributed by atoms with Gasteiger partial charge in [0.2, 0.25) is 0 Å². The van der Waals surface area contributed by atoms with Crippen molar-refractivity contribution in [3.63, 3.8) is 0 Å². The predicted molar refractivity (Wildman–Crippen MR) is 78.9 cm³/mol. The Labute approximate surface area is 112 Å². The fourth-order valence-corrected chi connectivity index (χ4v) is 2.04. The highest BCUT2D eigenvalue weighted by Crippen LogP contribution is 2.33. The predicted octanol–water partition coefficient (Wildman–Crippen LogP) is 4.90. The number of halogens is 1. The van der Waals surface area contributed by atoms with E-state index in [9.17, 15) is 4.39 Å². The molecule has 2 aromatic rings. The van der Waals surface area contributed by atoms with Gasteiger partial charge < -0.3 is 4.74 Å². The summed E-state index contributed by atoms with van der Waals surface area (Å²) >= 11 is 0. The molecular formula is C17H15FO. The molecule has 0 aliphatic carbocycles. The molecule has 0 atom stereocenters. The van der Waals surface area contributed by atoms with Gasteiger partial charge >= 0.3 is 0 Å². The summed E-state index contributed by atoms with van der Waals surface area (Å²) in [6, 6.07) is 11.7. The molecule has 0 amide bonds. The van der Waals surface area contributed by atoms with Crippen molar-refractivity contribution in [1.29, 1.82) is 0 Å². The second-order valence-electron chi connectivity index (χ2n) is 4.07. The fraction of sp³-hybridized carbons (Fsp3) is 0.0588. The average molecular weight is 254 g/mol. The molecule has 96 valence electrons. The minimum atomic E-state index is -0.413. The van der Waals surface area contributed by atoms with Crippen LogP contribution in [0.3, 0.4) is 0 Å². The van der Waals surface area contributed by atoms with E-state index in [0.29, 0.717) is 16.9 Å². The fourth-order valence-electron chi connectivity index (χ4n) is 2.04. The third-order valence-electron chi connectivity index (χ3n) is 3.00. The molecule has 0 heterocycles. The Morgan fingerprint density at radius 2 is 1.74 bits per heavy atom. The van der Waals surface area contributed by atoms with E-state index in [-0.39, 0.29) is 0 Å². The van der Waals surface area contributed by atoms with E-state index < -0.39 is 5.83 Å². The number of fused-ring (bicyclic) bond motifs is 1. The number of methoxy groups -OCH3 is 1. The van der Waals surface area contributed by atoms with Gasteiger partial charge in [-0.25, -0.2) is 4.39 Å². The molecule has 0 unspecified atom stereocenters. The first kappa shape index (κ1) is 13.1. The van der Waals surface area contributed by atoms with Gasteiger partial charge in [0, 0.05) is 11.1 Å². The molecule has 19 heavy (non-hydrogen) atoms. The molecule has 1 nitrogen and oxygen atoms in total. The van der Waals surface area contributed by atoms with Crippen molar-refractivity contribution >= 4 is 16.3 Å². The van der Waals surface area contributed by atoms with Gasteiger partial charge in [0.05, 0.1) is 7.11 Å². The molecule has 0 aliphatic heterocycles. The summed E-state index contributed by atoms with van der Waals surface area (Å²) in [5.41, 5.74) is 1.06. The second-order valence-corrected chi connectivity index (χ2v) is 4.07. The van der Waals surface area contributed by atoms with Gasteiger partial charge in [-0.2, -0.15) is 0 Å². The van der Waals surface area contributed by atoms with E-state index in [0.717, 1.165) is 10.8 Å². The summed E-state index contributed by atoms with van der Waals surface area (Å²) in [5.74, 6) is 0.203. The highest BCUT2D eigenvalue weighted by Gasteiger charge is 2.11. The van der Waals surface area contributed by atoms with Crippen molar-refractivity contribution in [2.45, 2.75) is 0 Å². The topological polar surface area (TPSA) is 9.23 Å². The third kappa shape index (κ3) is 2.43. The van der Waals surface area contributed by atoms with Crippen LogP contribution in [0.15, 0.2) is 67.5 Å². The van der Waals surface area contributed by atoms with Crippen LogP contribution < -0.4 is 4.74 Å². The summed E-state index contributed by atoms with van der Waals surface area (Å²) in [5, 5.41) is 2.07. The van der Waals surface area contributed by atoms with Gasteiger partial charge in [0.25, 0.3) is 0 Å². The van der Waals surface area contributed by atoms with Crippen LogP contribution in [-0.4, -0.2) is 7.11 Å². The van der Waals surface area contributed by atoms with E-state index in [4.69, 9.17) is 4.74 Å². The van der Waals surface area contributed by atoms with E-state index in [2.05, 4.69) is 13.2 Å². The Hall–Kier alpha value is -2.35. The van der Waals surface area contributed by atoms with Crippen molar-refractivity contribution in [1.82, 2.24) is 0 Å².